The molecule has 0 aliphatic rings. The van der Waals surface area contributed by atoms with Crippen molar-refractivity contribution in [3.05, 3.63) is 32.4 Å². The number of hydrogen-bond acceptors (Lipinski definition) is 3. The van der Waals surface area contributed by atoms with E-state index in [1.54, 1.807) is 17.5 Å². The Morgan fingerprint density at radius 2 is 2.00 bits per heavy atom. The van der Waals surface area contributed by atoms with Crippen LogP contribution in [0.4, 0.5) is 0 Å². The maximum atomic E-state index is 4.07. The monoisotopic (exact) mass is 318 g/mol. The van der Waals surface area contributed by atoms with Crippen LogP contribution in [0, 0.1) is 0 Å². The summed E-state index contributed by atoms with van der Waals surface area (Å²) in [4.78, 5) is 8.05. The van der Waals surface area contributed by atoms with Gasteiger partial charge in [-0.05, 0) is 37.2 Å². The zero-order valence-electron chi connectivity index (χ0n) is 6.37. The fraction of sp³-hybridized carbons (Fsp3) is 0. The van der Waals surface area contributed by atoms with Crippen molar-refractivity contribution in [2.45, 2.75) is 0 Å². The highest BCUT2D eigenvalue weighted by Crippen LogP contribution is 2.34. The van der Waals surface area contributed by atoms with Gasteiger partial charge in [0.1, 0.15) is 10.9 Å². The van der Waals surface area contributed by atoms with Crippen molar-refractivity contribution in [2.75, 3.05) is 0 Å². The van der Waals surface area contributed by atoms with Crippen molar-refractivity contribution in [1.82, 2.24) is 9.97 Å². The lowest BCUT2D eigenvalue weighted by atomic mass is 10.2. The van der Waals surface area contributed by atoms with Crippen LogP contribution in [0.15, 0.2) is 32.4 Å². The molecule has 66 valence electrons. The zero-order chi connectivity index (χ0) is 9.26. The molecular weight excluding hydrogens is 316 g/mol. The van der Waals surface area contributed by atoms with Crippen LogP contribution in [0.25, 0.3) is 11.1 Å². The van der Waals surface area contributed by atoms with Crippen molar-refractivity contribution in [1.29, 1.82) is 0 Å². The third kappa shape index (κ3) is 1.82. The summed E-state index contributed by atoms with van der Waals surface area (Å²) in [6.45, 7) is 0. The maximum Gasteiger partial charge on any atom is 0.117 e. The topological polar surface area (TPSA) is 25.8 Å². The number of nitrogens with zero attached hydrogens (tertiary/aromatic N) is 2. The van der Waals surface area contributed by atoms with E-state index in [9.17, 15) is 0 Å². The average Bonchev–Trinajstić information content (AvgIpc) is 2.52. The normalized spacial score (nSPS) is 10.3. The molecule has 2 aromatic rings. The minimum Gasteiger partial charge on any atom is -0.244 e. The minimum absolute atomic E-state index is 0.821. The molecular formula is C8H4Br2N2S. The number of halogens is 2. The smallest absolute Gasteiger partial charge is 0.117 e. The molecule has 2 rings (SSSR count). The van der Waals surface area contributed by atoms with Crippen LogP contribution in [0.2, 0.25) is 0 Å². The highest BCUT2D eigenvalue weighted by Gasteiger charge is 2.08. The Bertz CT molecular complexity index is 428. The van der Waals surface area contributed by atoms with Crippen LogP contribution in [0.5, 0.6) is 0 Å². The average molecular weight is 320 g/mol. The van der Waals surface area contributed by atoms with Gasteiger partial charge in [-0.2, -0.15) is 11.3 Å². The van der Waals surface area contributed by atoms with Gasteiger partial charge < -0.3 is 0 Å². The van der Waals surface area contributed by atoms with Gasteiger partial charge in [-0.15, -0.1) is 0 Å². The third-order valence-electron chi connectivity index (χ3n) is 1.57. The largest absolute Gasteiger partial charge is 0.244 e. The Hall–Kier alpha value is -0.260. The van der Waals surface area contributed by atoms with Crippen molar-refractivity contribution >= 4 is 43.2 Å². The SMILES string of the molecule is Brc1cscc1-c1cncnc1Br. The summed E-state index contributed by atoms with van der Waals surface area (Å²) in [6.07, 6.45) is 3.32. The number of thiophene rings is 1. The lowest BCUT2D eigenvalue weighted by Gasteiger charge is -1.99. The summed E-state index contributed by atoms with van der Waals surface area (Å²) in [5.74, 6) is 0. The Morgan fingerprint density at radius 1 is 1.15 bits per heavy atom. The number of hydrogen-bond donors (Lipinski definition) is 0. The summed E-state index contributed by atoms with van der Waals surface area (Å²) in [5, 5.41) is 4.10. The molecule has 0 saturated heterocycles. The molecule has 0 radical (unpaired) electrons. The molecule has 0 amide bonds. The van der Waals surface area contributed by atoms with Gasteiger partial charge in [-0.25, -0.2) is 9.97 Å². The van der Waals surface area contributed by atoms with E-state index in [0.29, 0.717) is 0 Å². The predicted molar refractivity (Wildman–Crippen MR) is 60.7 cm³/mol. The minimum atomic E-state index is 0.821. The standard InChI is InChI=1S/C8H4Br2N2S/c9-7-3-13-2-6(7)5-1-11-4-12-8(5)10/h1-4H. The lowest BCUT2D eigenvalue weighted by molar-refractivity contribution is 1.14. The second kappa shape index (κ2) is 3.86. The first-order chi connectivity index (χ1) is 6.29. The molecule has 0 atom stereocenters. The summed E-state index contributed by atoms with van der Waals surface area (Å²) < 4.78 is 1.90. The molecule has 0 aliphatic heterocycles. The molecule has 0 bridgehead atoms. The van der Waals surface area contributed by atoms with E-state index in [4.69, 9.17) is 0 Å². The molecule has 0 unspecified atom stereocenters. The molecule has 2 nitrogen and oxygen atoms in total. The van der Waals surface area contributed by atoms with Crippen molar-refractivity contribution < 1.29 is 0 Å². The Morgan fingerprint density at radius 3 is 2.62 bits per heavy atom. The van der Waals surface area contributed by atoms with Gasteiger partial charge in [-0.1, -0.05) is 0 Å². The fourth-order valence-electron chi connectivity index (χ4n) is 0.969. The van der Waals surface area contributed by atoms with E-state index < -0.39 is 0 Å². The zero-order valence-corrected chi connectivity index (χ0v) is 10.4. The molecule has 5 heteroatoms. The van der Waals surface area contributed by atoms with Crippen LogP contribution >= 0.6 is 43.2 Å². The number of rotatable bonds is 1. The van der Waals surface area contributed by atoms with Crippen molar-refractivity contribution in [3.8, 4) is 11.1 Å². The van der Waals surface area contributed by atoms with Crippen molar-refractivity contribution in [2.24, 2.45) is 0 Å². The van der Waals surface area contributed by atoms with Gasteiger partial charge in [-0.3, -0.25) is 0 Å². The van der Waals surface area contributed by atoms with E-state index in [-0.39, 0.29) is 0 Å². The van der Waals surface area contributed by atoms with Crippen LogP contribution in [-0.2, 0) is 0 Å². The van der Waals surface area contributed by atoms with Gasteiger partial charge in [0.15, 0.2) is 0 Å². The summed E-state index contributed by atoms with van der Waals surface area (Å²) in [5.41, 5.74) is 2.13. The van der Waals surface area contributed by atoms with Gasteiger partial charge in [0, 0.05) is 27.2 Å². The van der Waals surface area contributed by atoms with E-state index in [0.717, 1.165) is 20.2 Å². The van der Waals surface area contributed by atoms with Crippen LogP contribution < -0.4 is 0 Å². The van der Waals surface area contributed by atoms with Gasteiger partial charge in [0.05, 0.1) is 0 Å². The number of aromatic nitrogens is 2. The quantitative estimate of drug-likeness (QED) is 0.748. The first-order valence-electron chi connectivity index (χ1n) is 3.46. The van der Waals surface area contributed by atoms with E-state index in [1.807, 2.05) is 5.38 Å². The molecule has 0 fully saturated rings. The fourth-order valence-corrected chi connectivity index (χ4v) is 2.88. The lowest BCUT2D eigenvalue weighted by Crippen LogP contribution is -1.83. The molecule has 2 aromatic heterocycles. The molecule has 0 aliphatic carbocycles. The Labute approximate surface area is 96.3 Å². The van der Waals surface area contributed by atoms with Crippen LogP contribution in [-0.4, -0.2) is 9.97 Å². The van der Waals surface area contributed by atoms with E-state index >= 15 is 0 Å². The summed E-state index contributed by atoms with van der Waals surface area (Å²) >= 11 is 8.50. The molecule has 0 saturated carbocycles. The summed E-state index contributed by atoms with van der Waals surface area (Å²) in [7, 11) is 0. The second-order valence-electron chi connectivity index (χ2n) is 2.36. The van der Waals surface area contributed by atoms with Gasteiger partial charge in [0.25, 0.3) is 0 Å². The van der Waals surface area contributed by atoms with Crippen LogP contribution in [0.1, 0.15) is 0 Å². The summed E-state index contributed by atoms with van der Waals surface area (Å²) in [6, 6.07) is 0. The Balaban J connectivity index is 2.59. The predicted octanol–water partition coefficient (Wildman–Crippen LogP) is 3.73. The highest BCUT2D eigenvalue weighted by atomic mass is 79.9. The molecule has 0 N–H and O–H groups in total. The first-order valence-corrected chi connectivity index (χ1v) is 5.99. The molecule has 2 heterocycles. The van der Waals surface area contributed by atoms with E-state index in [1.165, 1.54) is 6.33 Å². The molecule has 0 aromatic carbocycles. The maximum absolute atomic E-state index is 4.07. The molecule has 0 spiro atoms. The Kier molecular flexibility index (Phi) is 2.76. The van der Waals surface area contributed by atoms with Gasteiger partial charge >= 0.3 is 0 Å². The third-order valence-corrected chi connectivity index (χ3v) is 3.90. The van der Waals surface area contributed by atoms with Crippen molar-refractivity contribution in [3.63, 3.8) is 0 Å². The van der Waals surface area contributed by atoms with E-state index in [2.05, 4.69) is 47.2 Å². The molecule has 13 heavy (non-hydrogen) atoms. The second-order valence-corrected chi connectivity index (χ2v) is 4.71. The van der Waals surface area contributed by atoms with Crippen LogP contribution in [0.3, 0.4) is 0 Å². The highest BCUT2D eigenvalue weighted by molar-refractivity contribution is 9.11. The van der Waals surface area contributed by atoms with Gasteiger partial charge in [0.2, 0.25) is 0 Å². The first kappa shape index (κ1) is 9.30.